The van der Waals surface area contributed by atoms with Gasteiger partial charge in [-0.25, -0.2) is 4.79 Å². The second-order valence-electron chi connectivity index (χ2n) is 8.17. The summed E-state index contributed by atoms with van der Waals surface area (Å²) in [6.45, 7) is 0. The maximum absolute atomic E-state index is 13.7. The van der Waals surface area contributed by atoms with Crippen LogP contribution in [0.25, 0.3) is 0 Å². The third-order valence-corrected chi connectivity index (χ3v) is 6.70. The molecule has 0 amide bonds. The summed E-state index contributed by atoms with van der Waals surface area (Å²) < 4.78 is 9.81. The Morgan fingerprint density at radius 3 is 1.71 bits per heavy atom. The number of nitrogens with zero attached hydrogens (tertiary/aromatic N) is 2. The summed E-state index contributed by atoms with van der Waals surface area (Å²) in [5.74, 6) is 0. The molecule has 0 aliphatic carbocycles. The molecule has 0 N–H and O–H groups in total. The molecule has 1 aromatic heterocycles. The lowest BCUT2D eigenvalue weighted by atomic mass is 9.70. The lowest BCUT2D eigenvalue weighted by Crippen LogP contribution is -2.46. The summed E-state index contributed by atoms with van der Waals surface area (Å²) in [5.41, 5.74) is 1.93. The zero-order valence-electron chi connectivity index (χ0n) is 17.2. The monoisotopic (exact) mass is 408 g/mol. The zero-order chi connectivity index (χ0) is 21.4. The normalized spacial score (nSPS) is 22.9. The molecule has 31 heavy (non-hydrogen) atoms. The van der Waals surface area contributed by atoms with Crippen LogP contribution < -0.4 is 11.2 Å². The minimum Gasteiger partial charge on any atom is -0.338 e. The fraction of sp³-hybridized carbons (Fsp3) is 0.154. The van der Waals surface area contributed by atoms with Gasteiger partial charge in [-0.2, -0.15) is 0 Å². The van der Waals surface area contributed by atoms with Gasteiger partial charge in [0.1, 0.15) is 0 Å². The van der Waals surface area contributed by atoms with Crippen LogP contribution in [0.15, 0.2) is 94.5 Å². The van der Waals surface area contributed by atoms with Crippen molar-refractivity contribution in [3.8, 4) is 0 Å². The first-order chi connectivity index (χ1) is 15.0. The van der Waals surface area contributed by atoms with E-state index in [1.54, 1.807) is 11.6 Å². The fourth-order valence-electron chi connectivity index (χ4n) is 5.43. The number of hydrogen-bond donors (Lipinski definition) is 0. The van der Waals surface area contributed by atoms with E-state index in [9.17, 15) is 9.59 Å². The van der Waals surface area contributed by atoms with Crippen molar-refractivity contribution in [2.45, 2.75) is 11.2 Å². The van der Waals surface area contributed by atoms with Crippen molar-refractivity contribution in [2.75, 3.05) is 0 Å². The Hall–Kier alpha value is -3.70. The highest BCUT2D eigenvalue weighted by molar-refractivity contribution is 5.68. The van der Waals surface area contributed by atoms with Gasteiger partial charge >= 0.3 is 5.69 Å². The molecule has 6 rings (SSSR count). The molecule has 2 aliphatic rings. The average molecular weight is 408 g/mol. The van der Waals surface area contributed by atoms with Crippen LogP contribution in [0.1, 0.15) is 33.5 Å². The standard InChI is InChI=1S/C26H20N2O3/c1-27-22-21(23(29)28(2)24(27)30)25(17-11-5-3-6-12-17)19-15-9-10-16-20(19)26(22,31-25)18-13-7-4-8-14-18/h3-16H,1-2H3. The Morgan fingerprint density at radius 1 is 0.645 bits per heavy atom. The maximum atomic E-state index is 13.7. The molecule has 152 valence electrons. The SMILES string of the molecule is Cn1c2c(c(=O)n(C)c1=O)C1(c3ccccc3)OC2(c2ccccc2)c2ccccc21. The van der Waals surface area contributed by atoms with Crippen LogP contribution in [0.5, 0.6) is 0 Å². The fourth-order valence-corrected chi connectivity index (χ4v) is 5.43. The molecule has 2 atom stereocenters. The molecule has 3 aromatic carbocycles. The van der Waals surface area contributed by atoms with Crippen LogP contribution in [0.4, 0.5) is 0 Å². The Balaban J connectivity index is 1.89. The van der Waals surface area contributed by atoms with Crippen LogP contribution in [0.3, 0.4) is 0 Å². The quantitative estimate of drug-likeness (QED) is 0.512. The molecule has 0 radical (unpaired) electrons. The first-order valence-corrected chi connectivity index (χ1v) is 10.3. The van der Waals surface area contributed by atoms with Gasteiger partial charge in [0.2, 0.25) is 0 Å². The Bertz CT molecular complexity index is 1470. The van der Waals surface area contributed by atoms with Gasteiger partial charge in [-0.05, 0) is 11.1 Å². The summed E-state index contributed by atoms with van der Waals surface area (Å²) >= 11 is 0. The number of ether oxygens (including phenoxy) is 1. The van der Waals surface area contributed by atoms with E-state index >= 15 is 0 Å². The van der Waals surface area contributed by atoms with Gasteiger partial charge in [0.15, 0.2) is 11.2 Å². The van der Waals surface area contributed by atoms with E-state index in [1.807, 2.05) is 84.9 Å². The highest BCUT2D eigenvalue weighted by Gasteiger charge is 2.66. The summed E-state index contributed by atoms with van der Waals surface area (Å²) in [7, 11) is 3.24. The van der Waals surface area contributed by atoms with Gasteiger partial charge in [-0.1, -0.05) is 84.9 Å². The summed E-state index contributed by atoms with van der Waals surface area (Å²) in [5, 5.41) is 0. The molecule has 0 spiro atoms. The van der Waals surface area contributed by atoms with E-state index in [4.69, 9.17) is 4.74 Å². The molecule has 2 unspecified atom stereocenters. The van der Waals surface area contributed by atoms with Gasteiger partial charge in [-0.15, -0.1) is 0 Å². The minimum atomic E-state index is -1.09. The number of fused-ring (bicyclic) bond motifs is 8. The third-order valence-electron chi connectivity index (χ3n) is 6.70. The van der Waals surface area contributed by atoms with E-state index in [0.29, 0.717) is 11.3 Å². The molecule has 0 saturated heterocycles. The molecular weight excluding hydrogens is 388 g/mol. The van der Waals surface area contributed by atoms with Crippen molar-refractivity contribution in [3.05, 3.63) is 139 Å². The third kappa shape index (κ3) is 1.95. The topological polar surface area (TPSA) is 53.2 Å². The highest BCUT2D eigenvalue weighted by Crippen LogP contribution is 2.64. The van der Waals surface area contributed by atoms with Crippen molar-refractivity contribution >= 4 is 0 Å². The van der Waals surface area contributed by atoms with Gasteiger partial charge in [-0.3, -0.25) is 13.9 Å². The van der Waals surface area contributed by atoms with Crippen LogP contribution in [0, 0.1) is 0 Å². The van der Waals surface area contributed by atoms with Crippen LogP contribution in [-0.2, 0) is 30.0 Å². The first-order valence-electron chi connectivity index (χ1n) is 10.3. The molecular formula is C26H20N2O3. The van der Waals surface area contributed by atoms with Crippen LogP contribution >= 0.6 is 0 Å². The second kappa shape index (κ2) is 5.93. The van der Waals surface area contributed by atoms with Crippen molar-refractivity contribution < 1.29 is 4.74 Å². The maximum Gasteiger partial charge on any atom is 0.330 e. The predicted octanol–water partition coefficient (Wildman–Crippen LogP) is 3.01. The molecule has 5 heteroatoms. The predicted molar refractivity (Wildman–Crippen MR) is 117 cm³/mol. The average Bonchev–Trinajstić information content (AvgIpc) is 3.32. The minimum absolute atomic E-state index is 0.325. The van der Waals surface area contributed by atoms with Gasteiger partial charge in [0.05, 0.1) is 11.3 Å². The number of rotatable bonds is 2. The summed E-state index contributed by atoms with van der Waals surface area (Å²) in [4.78, 5) is 26.7. The summed E-state index contributed by atoms with van der Waals surface area (Å²) in [6.07, 6.45) is 0. The lowest BCUT2D eigenvalue weighted by Gasteiger charge is -2.31. The number of benzene rings is 3. The Kier molecular flexibility index (Phi) is 3.46. The van der Waals surface area contributed by atoms with Crippen LogP contribution in [-0.4, -0.2) is 9.13 Å². The number of hydrogen-bond acceptors (Lipinski definition) is 3. The van der Waals surface area contributed by atoms with E-state index in [-0.39, 0.29) is 11.2 Å². The second-order valence-corrected chi connectivity index (χ2v) is 8.17. The van der Waals surface area contributed by atoms with Gasteiger partial charge in [0.25, 0.3) is 5.56 Å². The van der Waals surface area contributed by atoms with Crippen molar-refractivity contribution in [1.82, 2.24) is 9.13 Å². The molecule has 2 bridgehead atoms. The van der Waals surface area contributed by atoms with Crippen molar-refractivity contribution in [1.29, 1.82) is 0 Å². The molecule has 0 saturated carbocycles. The van der Waals surface area contributed by atoms with E-state index in [2.05, 4.69) is 0 Å². The zero-order valence-corrected chi connectivity index (χ0v) is 17.2. The largest absolute Gasteiger partial charge is 0.338 e. The molecule has 3 heterocycles. The van der Waals surface area contributed by atoms with E-state index in [1.165, 1.54) is 11.6 Å². The van der Waals surface area contributed by atoms with E-state index < -0.39 is 11.2 Å². The molecule has 4 aromatic rings. The highest BCUT2D eigenvalue weighted by atomic mass is 16.5. The number of aromatic nitrogens is 2. The lowest BCUT2D eigenvalue weighted by molar-refractivity contribution is -0.0283. The summed E-state index contributed by atoms with van der Waals surface area (Å²) in [6, 6.07) is 27.7. The molecule has 2 aliphatic heterocycles. The first kappa shape index (κ1) is 18.1. The smallest absolute Gasteiger partial charge is 0.330 e. The van der Waals surface area contributed by atoms with Gasteiger partial charge < -0.3 is 4.74 Å². The Morgan fingerprint density at radius 2 is 1.13 bits per heavy atom. The molecule has 0 fully saturated rings. The van der Waals surface area contributed by atoms with Crippen molar-refractivity contribution in [3.63, 3.8) is 0 Å². The van der Waals surface area contributed by atoms with E-state index in [0.717, 1.165) is 22.3 Å². The van der Waals surface area contributed by atoms with Crippen molar-refractivity contribution in [2.24, 2.45) is 14.1 Å². The van der Waals surface area contributed by atoms with Crippen LogP contribution in [0.2, 0.25) is 0 Å². The van der Waals surface area contributed by atoms with Gasteiger partial charge in [0, 0.05) is 25.2 Å². The Labute approximate surface area is 178 Å². The molecule has 5 nitrogen and oxygen atoms in total.